The van der Waals surface area contributed by atoms with Crippen molar-refractivity contribution in [3.8, 4) is 0 Å². The largest absolute Gasteiger partial charge is 0.285 e. The minimum Gasteiger partial charge on any atom is -0.285 e. The molecule has 1 aliphatic heterocycles. The van der Waals surface area contributed by atoms with Crippen LogP contribution in [-0.2, 0) is 26.5 Å². The smallest absolute Gasteiger partial charge is 0.270 e. The Kier molecular flexibility index (Phi) is 9.96. The molecule has 6 heteroatoms. The summed E-state index contributed by atoms with van der Waals surface area (Å²) in [5.41, 5.74) is 4.66. The van der Waals surface area contributed by atoms with Gasteiger partial charge in [-0.25, -0.2) is 5.06 Å². The van der Waals surface area contributed by atoms with E-state index in [1.165, 1.54) is 0 Å². The lowest BCUT2D eigenvalue weighted by molar-refractivity contribution is -0.181. The van der Waals surface area contributed by atoms with Crippen LogP contribution in [-0.4, -0.2) is 38.9 Å². The number of hydrogen-bond acceptors (Lipinski definition) is 4. The molecule has 0 unspecified atom stereocenters. The van der Waals surface area contributed by atoms with E-state index in [0.717, 1.165) is 48.7 Å². The van der Waals surface area contributed by atoms with Gasteiger partial charge < -0.3 is 0 Å². The monoisotopic (exact) mass is 716 g/mol. The molecule has 0 saturated carbocycles. The van der Waals surface area contributed by atoms with E-state index >= 15 is 4.79 Å². The van der Waals surface area contributed by atoms with E-state index in [1.54, 1.807) is 24.3 Å². The molecule has 5 rings (SSSR count). The lowest BCUT2D eigenvalue weighted by Gasteiger charge is -2.42. The molecule has 0 fully saturated rings. The van der Waals surface area contributed by atoms with Gasteiger partial charge in [0.1, 0.15) is 12.1 Å². The third kappa shape index (κ3) is 7.71. The first-order chi connectivity index (χ1) is 24.1. The average Bonchev–Trinajstić information content (AvgIpc) is 3.02. The molecule has 4 aromatic carbocycles. The predicted octanol–water partition coefficient (Wildman–Crippen LogP) is 11.0. The molecule has 0 saturated heterocycles. The number of hydroxylamine groups is 2. The summed E-state index contributed by atoms with van der Waals surface area (Å²) in [6, 6.07) is 21.3. The van der Waals surface area contributed by atoms with Crippen LogP contribution in [0.1, 0.15) is 164 Å². The van der Waals surface area contributed by atoms with Gasteiger partial charge >= 0.3 is 0 Å². The van der Waals surface area contributed by atoms with Crippen LogP contribution in [0.25, 0.3) is 10.8 Å². The molecule has 1 aliphatic rings. The molecule has 0 aromatic heterocycles. The van der Waals surface area contributed by atoms with Crippen molar-refractivity contribution in [3.63, 3.8) is 0 Å². The summed E-state index contributed by atoms with van der Waals surface area (Å²) in [5.74, 6) is -1.83. The number of imide groups is 1. The molecule has 4 aromatic rings. The molecule has 0 aliphatic carbocycles. The van der Waals surface area contributed by atoms with Crippen LogP contribution in [0.15, 0.2) is 72.8 Å². The first-order valence-electron chi connectivity index (χ1n) is 18.9. The van der Waals surface area contributed by atoms with E-state index < -0.39 is 35.2 Å². The van der Waals surface area contributed by atoms with Gasteiger partial charge in [0.05, 0.1) is 0 Å². The summed E-state index contributed by atoms with van der Waals surface area (Å²) in [4.78, 5) is 45.2. The molecule has 1 atom stereocenters. The SMILES string of the molecule is CC(C)(C)c1cc(C(c2cc(C(C)(C)C)cc(C(C)(C)C)c2)N(O)C(=O)[C@@H](N2C(=O)c3cccc4cccc(c34)C2=O)C(C)(C)C)cc(C(C)(C)C)c1. The number of carbonyl (C=O) groups is 3. The second-order valence-electron chi connectivity index (χ2n) is 20.2. The fourth-order valence-electron chi connectivity index (χ4n) is 7.23. The van der Waals surface area contributed by atoms with Crippen molar-refractivity contribution in [2.75, 3.05) is 0 Å². The highest BCUT2D eigenvalue weighted by atomic mass is 16.5. The molecule has 0 radical (unpaired) electrons. The maximum atomic E-state index is 15.3. The molecule has 0 spiro atoms. The van der Waals surface area contributed by atoms with E-state index in [0.29, 0.717) is 16.5 Å². The lowest BCUT2D eigenvalue weighted by Crippen LogP contribution is -2.59. The highest BCUT2D eigenvalue weighted by Gasteiger charge is 2.48. The number of rotatable bonds is 5. The van der Waals surface area contributed by atoms with Crippen molar-refractivity contribution < 1.29 is 19.6 Å². The Morgan fingerprint density at radius 1 is 0.566 bits per heavy atom. The molecule has 1 heterocycles. The Morgan fingerprint density at radius 2 is 0.906 bits per heavy atom. The second kappa shape index (κ2) is 13.2. The van der Waals surface area contributed by atoms with Crippen LogP contribution < -0.4 is 0 Å². The highest BCUT2D eigenvalue weighted by molar-refractivity contribution is 6.26. The van der Waals surface area contributed by atoms with E-state index in [-0.39, 0.29) is 21.7 Å². The Bertz CT molecular complexity index is 1900. The summed E-state index contributed by atoms with van der Waals surface area (Å²) in [6.07, 6.45) is 0. The van der Waals surface area contributed by atoms with Crippen LogP contribution in [0.4, 0.5) is 0 Å². The summed E-state index contributed by atoms with van der Waals surface area (Å²) < 4.78 is 0. The van der Waals surface area contributed by atoms with E-state index in [4.69, 9.17) is 0 Å². The zero-order valence-electron chi connectivity index (χ0n) is 34.6. The summed E-state index contributed by atoms with van der Waals surface area (Å²) in [5, 5.41) is 14.9. The molecule has 3 amide bonds. The van der Waals surface area contributed by atoms with Gasteiger partial charge in [-0.05, 0) is 78.0 Å². The Labute approximate surface area is 317 Å². The Morgan fingerprint density at radius 3 is 1.21 bits per heavy atom. The molecule has 282 valence electrons. The van der Waals surface area contributed by atoms with Crippen molar-refractivity contribution in [1.82, 2.24) is 9.96 Å². The van der Waals surface area contributed by atoms with E-state index in [2.05, 4.69) is 119 Å². The van der Waals surface area contributed by atoms with Crippen LogP contribution in [0.5, 0.6) is 0 Å². The maximum Gasteiger partial charge on any atom is 0.270 e. The van der Waals surface area contributed by atoms with Gasteiger partial charge in [-0.3, -0.25) is 24.5 Å². The molecular formula is C47H60N2O4. The maximum absolute atomic E-state index is 15.3. The highest BCUT2D eigenvalue weighted by Crippen LogP contribution is 2.42. The quantitative estimate of drug-likeness (QED) is 0.127. The Hall–Kier alpha value is -4.29. The summed E-state index contributed by atoms with van der Waals surface area (Å²) >= 11 is 0. The van der Waals surface area contributed by atoms with Gasteiger partial charge in [0.25, 0.3) is 17.7 Å². The van der Waals surface area contributed by atoms with Crippen molar-refractivity contribution in [3.05, 3.63) is 117 Å². The number of benzene rings is 4. The lowest BCUT2D eigenvalue weighted by atomic mass is 9.76. The molecule has 53 heavy (non-hydrogen) atoms. The molecular weight excluding hydrogens is 657 g/mol. The van der Waals surface area contributed by atoms with Crippen LogP contribution in [0, 0.1) is 5.41 Å². The van der Waals surface area contributed by atoms with E-state index in [9.17, 15) is 14.8 Å². The van der Waals surface area contributed by atoms with Crippen LogP contribution in [0.2, 0.25) is 0 Å². The third-order valence-electron chi connectivity index (χ3n) is 10.6. The van der Waals surface area contributed by atoms with Crippen LogP contribution >= 0.6 is 0 Å². The van der Waals surface area contributed by atoms with Gasteiger partial charge in [-0.15, -0.1) is 0 Å². The van der Waals surface area contributed by atoms with Gasteiger partial charge in [0.2, 0.25) is 0 Å². The van der Waals surface area contributed by atoms with Crippen molar-refractivity contribution in [2.45, 2.75) is 138 Å². The molecule has 0 bridgehead atoms. The van der Waals surface area contributed by atoms with Gasteiger partial charge in [-0.1, -0.05) is 165 Å². The van der Waals surface area contributed by atoms with Gasteiger partial charge in [0, 0.05) is 16.5 Å². The second-order valence-corrected chi connectivity index (χ2v) is 20.2. The van der Waals surface area contributed by atoms with Gasteiger partial charge in [-0.2, -0.15) is 0 Å². The zero-order chi connectivity index (χ0) is 39.8. The number of hydrogen-bond donors (Lipinski definition) is 1. The Balaban J connectivity index is 1.79. The fraction of sp³-hybridized carbons (Fsp3) is 0.468. The van der Waals surface area contributed by atoms with E-state index in [1.807, 2.05) is 32.9 Å². The first-order valence-corrected chi connectivity index (χ1v) is 18.9. The summed E-state index contributed by atoms with van der Waals surface area (Å²) in [7, 11) is 0. The average molecular weight is 717 g/mol. The zero-order valence-corrected chi connectivity index (χ0v) is 34.6. The molecule has 6 nitrogen and oxygen atoms in total. The first kappa shape index (κ1) is 39.9. The predicted molar refractivity (Wildman–Crippen MR) is 216 cm³/mol. The minimum atomic E-state index is -1.32. The third-order valence-corrected chi connectivity index (χ3v) is 10.6. The standard InChI is InChI=1S/C47H60N2O4/c1-43(2,3)31-22-29(23-32(26-31)44(4,5)6)38(30-24-33(45(7,8)9)27-34(25-30)46(10,11)12)49(53)42(52)39(47(13,14)15)48-40(50)35-20-16-18-28-19-17-21-36(37(28)35)41(48)51/h16-27,38-39,53H,1-15H3/t39-/m1/s1. The summed E-state index contributed by atoms with van der Waals surface area (Å²) in [6.45, 7) is 31.4. The number of carbonyl (C=O) groups excluding carboxylic acids is 3. The minimum absolute atomic E-state index is 0.232. The molecule has 1 N–H and O–H groups in total. The van der Waals surface area contributed by atoms with Gasteiger partial charge in [0.15, 0.2) is 0 Å². The van der Waals surface area contributed by atoms with Crippen molar-refractivity contribution >= 4 is 28.5 Å². The normalized spacial score (nSPS) is 15.0. The number of nitrogens with zero attached hydrogens (tertiary/aromatic N) is 2. The van der Waals surface area contributed by atoms with Crippen LogP contribution in [0.3, 0.4) is 0 Å². The number of amides is 3. The van der Waals surface area contributed by atoms with Crippen molar-refractivity contribution in [1.29, 1.82) is 0 Å². The fourth-order valence-corrected chi connectivity index (χ4v) is 7.23. The van der Waals surface area contributed by atoms with Crippen molar-refractivity contribution in [2.24, 2.45) is 5.41 Å². The topological polar surface area (TPSA) is 77.9 Å².